The number of cyclic esters (lactones) is 1. The molecule has 2 aromatic heterocycles. The molecule has 0 bridgehead atoms. The Kier molecular flexibility index (Phi) is 7.39. The summed E-state index contributed by atoms with van der Waals surface area (Å²) in [4.78, 5) is 28.2. The smallest absolute Gasteiger partial charge is 0.417 e. The zero-order valence-electron chi connectivity index (χ0n) is 22.4. The van der Waals surface area contributed by atoms with Gasteiger partial charge in [0.15, 0.2) is 0 Å². The van der Waals surface area contributed by atoms with Crippen LogP contribution < -0.4 is 9.64 Å². The van der Waals surface area contributed by atoms with Crippen LogP contribution in [-0.2, 0) is 23.6 Å². The van der Waals surface area contributed by atoms with Crippen LogP contribution in [0.5, 0.6) is 5.88 Å². The fourth-order valence-corrected chi connectivity index (χ4v) is 4.92. The van der Waals surface area contributed by atoms with Crippen molar-refractivity contribution in [2.24, 2.45) is 0 Å². The van der Waals surface area contributed by atoms with Crippen molar-refractivity contribution in [3.8, 4) is 17.0 Å². The summed E-state index contributed by atoms with van der Waals surface area (Å²) < 4.78 is 105. The molecule has 2 aliphatic rings. The second-order valence-electron chi connectivity index (χ2n) is 10.1. The lowest BCUT2D eigenvalue weighted by Crippen LogP contribution is -2.49. The quantitative estimate of drug-likeness (QED) is 0.315. The minimum absolute atomic E-state index is 0.00630. The molecule has 0 saturated carbocycles. The molecule has 224 valence electrons. The van der Waals surface area contributed by atoms with Gasteiger partial charge in [-0.2, -0.15) is 26.3 Å². The van der Waals surface area contributed by atoms with Gasteiger partial charge in [0.1, 0.15) is 12.3 Å². The highest BCUT2D eigenvalue weighted by Gasteiger charge is 2.42. The van der Waals surface area contributed by atoms with Crippen molar-refractivity contribution >= 4 is 12.0 Å². The number of benzene rings is 1. The maximum Gasteiger partial charge on any atom is 0.417 e. The number of alkyl halides is 7. The third kappa shape index (κ3) is 5.63. The molecule has 2 fully saturated rings. The van der Waals surface area contributed by atoms with Crippen molar-refractivity contribution in [1.82, 2.24) is 19.9 Å². The minimum Gasteiger partial charge on any atom is -0.481 e. The topological polar surface area (TPSA) is 80.7 Å². The van der Waals surface area contributed by atoms with Crippen molar-refractivity contribution in [2.75, 3.05) is 25.1 Å². The van der Waals surface area contributed by atoms with Gasteiger partial charge in [0.2, 0.25) is 11.8 Å². The fourth-order valence-electron chi connectivity index (χ4n) is 4.92. The van der Waals surface area contributed by atoms with Gasteiger partial charge in [-0.3, -0.25) is 4.90 Å². The Balaban J connectivity index is 1.54. The van der Waals surface area contributed by atoms with Gasteiger partial charge in [-0.25, -0.2) is 24.1 Å². The lowest BCUT2D eigenvalue weighted by molar-refractivity contribution is -0.138. The summed E-state index contributed by atoms with van der Waals surface area (Å²) in [7, 11) is 1.22. The van der Waals surface area contributed by atoms with E-state index in [4.69, 9.17) is 9.47 Å². The molecule has 5 rings (SSSR count). The molecule has 42 heavy (non-hydrogen) atoms. The van der Waals surface area contributed by atoms with Crippen LogP contribution in [-0.4, -0.2) is 58.4 Å². The summed E-state index contributed by atoms with van der Waals surface area (Å²) in [5.74, 6) is -0.0745. The first-order valence-corrected chi connectivity index (χ1v) is 12.7. The molecule has 0 unspecified atom stereocenters. The molecular formula is C27H24F7N5O3. The minimum atomic E-state index is -4.73. The van der Waals surface area contributed by atoms with Crippen LogP contribution in [0.3, 0.4) is 0 Å². The molecule has 2 saturated heterocycles. The predicted octanol–water partition coefficient (Wildman–Crippen LogP) is 6.13. The molecule has 1 aromatic carbocycles. The van der Waals surface area contributed by atoms with Gasteiger partial charge in [0, 0.05) is 23.5 Å². The zero-order chi connectivity index (χ0) is 30.6. The number of aryl methyl sites for hydroxylation is 1. The number of anilines is 1. The Bertz CT molecular complexity index is 1510. The second kappa shape index (κ2) is 10.6. The molecule has 4 heterocycles. The Labute approximate surface area is 235 Å². The molecule has 2 aliphatic heterocycles. The largest absolute Gasteiger partial charge is 0.481 e. The van der Waals surface area contributed by atoms with Gasteiger partial charge in [-0.1, -0.05) is 11.6 Å². The maximum absolute atomic E-state index is 13.6. The van der Waals surface area contributed by atoms with Gasteiger partial charge >= 0.3 is 18.4 Å². The van der Waals surface area contributed by atoms with E-state index < -0.39 is 47.9 Å². The summed E-state index contributed by atoms with van der Waals surface area (Å²) >= 11 is 0. The van der Waals surface area contributed by atoms with E-state index in [0.717, 1.165) is 18.2 Å². The molecule has 2 atom stereocenters. The Hall–Kier alpha value is -4.17. The monoisotopic (exact) mass is 599 g/mol. The number of pyridine rings is 1. The van der Waals surface area contributed by atoms with Crippen LogP contribution >= 0.6 is 0 Å². The summed E-state index contributed by atoms with van der Waals surface area (Å²) in [6.45, 7) is 2.76. The highest BCUT2D eigenvalue weighted by atomic mass is 19.4. The molecule has 3 aromatic rings. The normalized spacial score (nSPS) is 19.6. The average Bonchev–Trinajstić information content (AvgIpc) is 3.18. The molecule has 8 nitrogen and oxygen atoms in total. The summed E-state index contributed by atoms with van der Waals surface area (Å²) in [5, 5.41) is 0. The van der Waals surface area contributed by atoms with Gasteiger partial charge in [-0.15, -0.1) is 0 Å². The molecule has 1 amide bonds. The van der Waals surface area contributed by atoms with E-state index in [0.29, 0.717) is 11.8 Å². The predicted molar refractivity (Wildman–Crippen MR) is 134 cm³/mol. The number of carbonyl (C=O) groups is 1. The standard InChI is InChI=1S/C27H24F7N5O3/c1-13-4-15(6-16(5-13)26(29,30)31)22-14(2)39(25(40)42-22)12-21-20(9-36-24(37-21)38-10-18(28)11-38)19-7-17(27(32,33)34)8-35-23(19)41-3/h4-9,14,18,22H,10-12H2,1-3H3/t14-,22-/m0/s1. The van der Waals surface area contributed by atoms with Crippen LogP contribution in [0.25, 0.3) is 11.1 Å². The molecule has 0 radical (unpaired) electrons. The third-order valence-corrected chi connectivity index (χ3v) is 7.10. The Morgan fingerprint density at radius 2 is 1.67 bits per heavy atom. The fraction of sp³-hybridized carbons (Fsp3) is 0.407. The van der Waals surface area contributed by atoms with Crippen molar-refractivity contribution in [3.05, 3.63) is 64.6 Å². The summed E-state index contributed by atoms with van der Waals surface area (Å²) in [6, 6.07) is 3.39. The average molecular weight is 600 g/mol. The van der Waals surface area contributed by atoms with Crippen LogP contribution in [0.4, 0.5) is 41.5 Å². The second-order valence-corrected chi connectivity index (χ2v) is 10.1. The lowest BCUT2D eigenvalue weighted by atomic mass is 9.98. The first-order valence-electron chi connectivity index (χ1n) is 12.7. The number of halogens is 7. The van der Waals surface area contributed by atoms with Crippen molar-refractivity contribution in [1.29, 1.82) is 0 Å². The van der Waals surface area contributed by atoms with Crippen LogP contribution in [0.1, 0.15) is 41.0 Å². The van der Waals surface area contributed by atoms with E-state index in [9.17, 15) is 35.5 Å². The summed E-state index contributed by atoms with van der Waals surface area (Å²) in [5.41, 5.74) is -1.49. The first kappa shape index (κ1) is 29.3. The number of aromatic nitrogens is 3. The number of methoxy groups -OCH3 is 1. The maximum atomic E-state index is 13.6. The molecule has 0 spiro atoms. The van der Waals surface area contributed by atoms with E-state index >= 15 is 0 Å². The zero-order valence-corrected chi connectivity index (χ0v) is 22.4. The van der Waals surface area contributed by atoms with Crippen molar-refractivity contribution < 1.29 is 45.0 Å². The van der Waals surface area contributed by atoms with Gasteiger partial charge in [-0.05, 0) is 37.6 Å². The molecule has 0 N–H and O–H groups in total. The van der Waals surface area contributed by atoms with Crippen LogP contribution in [0, 0.1) is 6.92 Å². The van der Waals surface area contributed by atoms with E-state index in [1.807, 2.05) is 0 Å². The SMILES string of the molecule is COc1ncc(C(F)(F)F)cc1-c1cnc(N2CC(F)C2)nc1CN1C(=O)O[C@H](c2cc(C)cc(C(F)(F)F)c2)[C@@H]1C. The first-order chi connectivity index (χ1) is 19.7. The number of ether oxygens (including phenoxy) is 2. The van der Waals surface area contributed by atoms with E-state index in [1.54, 1.807) is 6.92 Å². The van der Waals surface area contributed by atoms with Crippen molar-refractivity contribution in [2.45, 2.75) is 51.1 Å². The Morgan fingerprint density at radius 1 is 0.976 bits per heavy atom. The third-order valence-electron chi connectivity index (χ3n) is 7.10. The highest BCUT2D eigenvalue weighted by Crippen LogP contribution is 2.40. The van der Waals surface area contributed by atoms with E-state index in [1.165, 1.54) is 36.1 Å². The van der Waals surface area contributed by atoms with Crippen molar-refractivity contribution in [3.63, 3.8) is 0 Å². The highest BCUT2D eigenvalue weighted by molar-refractivity contribution is 5.74. The summed E-state index contributed by atoms with van der Waals surface area (Å²) in [6.07, 6.45) is -10.5. The number of hydrogen-bond donors (Lipinski definition) is 0. The van der Waals surface area contributed by atoms with Gasteiger partial charge < -0.3 is 14.4 Å². The number of carbonyl (C=O) groups excluding carboxylic acids is 1. The van der Waals surface area contributed by atoms with Crippen LogP contribution in [0.2, 0.25) is 0 Å². The molecule has 15 heteroatoms. The van der Waals surface area contributed by atoms with Gasteiger partial charge in [0.05, 0.1) is 49.6 Å². The number of amides is 1. The van der Waals surface area contributed by atoms with E-state index in [2.05, 4.69) is 15.0 Å². The number of hydrogen-bond acceptors (Lipinski definition) is 7. The number of nitrogens with zero attached hydrogens (tertiary/aromatic N) is 5. The molecular weight excluding hydrogens is 575 g/mol. The Morgan fingerprint density at radius 3 is 2.29 bits per heavy atom. The molecule has 0 aliphatic carbocycles. The van der Waals surface area contributed by atoms with E-state index in [-0.39, 0.29) is 53.8 Å². The van der Waals surface area contributed by atoms with Crippen LogP contribution in [0.15, 0.2) is 36.7 Å². The number of rotatable bonds is 6. The van der Waals surface area contributed by atoms with Gasteiger partial charge in [0.25, 0.3) is 0 Å². The lowest BCUT2D eigenvalue weighted by Gasteiger charge is -2.34.